The van der Waals surface area contributed by atoms with Crippen molar-refractivity contribution < 1.29 is 9.59 Å². The minimum atomic E-state index is -0.182. The zero-order valence-corrected chi connectivity index (χ0v) is 17.4. The lowest BCUT2D eigenvalue weighted by atomic mass is 9.92. The van der Waals surface area contributed by atoms with E-state index in [2.05, 4.69) is 62.6 Å². The normalized spacial score (nSPS) is 17.7. The van der Waals surface area contributed by atoms with Crippen molar-refractivity contribution in [1.29, 1.82) is 0 Å². The van der Waals surface area contributed by atoms with Gasteiger partial charge in [-0.05, 0) is 42.7 Å². The third-order valence-electron chi connectivity index (χ3n) is 5.47. The predicted molar refractivity (Wildman–Crippen MR) is 110 cm³/mol. The van der Waals surface area contributed by atoms with Crippen LogP contribution in [-0.2, 0) is 4.79 Å². The van der Waals surface area contributed by atoms with E-state index in [1.54, 1.807) is 0 Å². The van der Waals surface area contributed by atoms with Gasteiger partial charge < -0.3 is 15.5 Å². The molecule has 1 heterocycles. The average molecular weight is 374 g/mol. The highest BCUT2D eigenvalue weighted by atomic mass is 16.2. The average Bonchev–Trinajstić information content (AvgIpc) is 3.03. The summed E-state index contributed by atoms with van der Waals surface area (Å²) in [6, 6.07) is 8.28. The summed E-state index contributed by atoms with van der Waals surface area (Å²) in [5, 5.41) is 6.09. The van der Waals surface area contributed by atoms with E-state index >= 15 is 0 Å². The van der Waals surface area contributed by atoms with Crippen molar-refractivity contribution in [2.45, 2.75) is 71.9 Å². The van der Waals surface area contributed by atoms with Crippen molar-refractivity contribution in [3.8, 4) is 0 Å². The first-order valence-electron chi connectivity index (χ1n) is 10.3. The second-order valence-electron chi connectivity index (χ2n) is 8.16. The number of carbonyl (C=O) groups is 2. The smallest absolute Gasteiger partial charge is 0.315 e. The Balaban J connectivity index is 1.94. The molecule has 2 N–H and O–H groups in total. The fourth-order valence-corrected chi connectivity index (χ4v) is 3.58. The van der Waals surface area contributed by atoms with Crippen LogP contribution in [0.1, 0.15) is 77.0 Å². The molecule has 5 nitrogen and oxygen atoms in total. The quantitative estimate of drug-likeness (QED) is 0.717. The lowest BCUT2D eigenvalue weighted by Crippen LogP contribution is -2.47. The van der Waals surface area contributed by atoms with Crippen LogP contribution in [0, 0.1) is 5.92 Å². The summed E-state index contributed by atoms with van der Waals surface area (Å²) in [4.78, 5) is 26.1. The van der Waals surface area contributed by atoms with E-state index in [-0.39, 0.29) is 29.9 Å². The van der Waals surface area contributed by atoms with Gasteiger partial charge in [0.25, 0.3) is 0 Å². The number of likely N-dealkylation sites (tertiary alicyclic amines) is 1. The van der Waals surface area contributed by atoms with Crippen LogP contribution in [-0.4, -0.2) is 36.0 Å². The number of rotatable bonds is 8. The summed E-state index contributed by atoms with van der Waals surface area (Å²) in [5.74, 6) is 1.01. The van der Waals surface area contributed by atoms with E-state index in [1.807, 2.05) is 11.8 Å². The van der Waals surface area contributed by atoms with Crippen molar-refractivity contribution in [2.75, 3.05) is 13.1 Å². The SMILES string of the molecule is CCC(C)c1ccc(C(NC(=O)NC(C)CN2CCCC2=O)C(C)C)cc1. The Kier molecular flexibility index (Phi) is 7.69. The van der Waals surface area contributed by atoms with Crippen LogP contribution in [0.4, 0.5) is 4.79 Å². The van der Waals surface area contributed by atoms with Crippen LogP contribution in [0.2, 0.25) is 0 Å². The van der Waals surface area contributed by atoms with Crippen LogP contribution in [0.15, 0.2) is 24.3 Å². The fraction of sp³-hybridized carbons (Fsp3) is 0.636. The molecule has 1 fully saturated rings. The van der Waals surface area contributed by atoms with E-state index in [0.29, 0.717) is 18.9 Å². The van der Waals surface area contributed by atoms with Gasteiger partial charge in [-0.1, -0.05) is 52.0 Å². The van der Waals surface area contributed by atoms with E-state index in [0.717, 1.165) is 24.9 Å². The number of hydrogen-bond donors (Lipinski definition) is 2. The molecule has 0 radical (unpaired) electrons. The predicted octanol–water partition coefficient (Wildman–Crippen LogP) is 4.21. The molecule has 1 aromatic carbocycles. The summed E-state index contributed by atoms with van der Waals surface area (Å²) in [5.41, 5.74) is 2.45. The molecule has 0 bridgehead atoms. The van der Waals surface area contributed by atoms with Crippen LogP contribution in [0.25, 0.3) is 0 Å². The van der Waals surface area contributed by atoms with Crippen molar-refractivity contribution in [3.63, 3.8) is 0 Å². The standard InChI is InChI=1S/C22H35N3O2/c1-6-16(4)18-9-11-19(12-10-18)21(15(2)3)24-22(27)23-17(5)14-25-13-7-8-20(25)26/h9-12,15-17,21H,6-8,13-14H2,1-5H3,(H2,23,24,27). The molecule has 1 saturated heterocycles. The van der Waals surface area contributed by atoms with Gasteiger partial charge in [-0.15, -0.1) is 0 Å². The molecule has 2 rings (SSSR count). The van der Waals surface area contributed by atoms with Crippen molar-refractivity contribution in [2.24, 2.45) is 5.92 Å². The lowest BCUT2D eigenvalue weighted by molar-refractivity contribution is -0.127. The minimum Gasteiger partial charge on any atom is -0.341 e. The summed E-state index contributed by atoms with van der Waals surface area (Å²) >= 11 is 0. The number of nitrogens with zero attached hydrogens (tertiary/aromatic N) is 1. The van der Waals surface area contributed by atoms with Crippen LogP contribution < -0.4 is 10.6 Å². The van der Waals surface area contributed by atoms with Crippen LogP contribution in [0.5, 0.6) is 0 Å². The Labute approximate surface area is 163 Å². The molecular formula is C22H35N3O2. The van der Waals surface area contributed by atoms with Gasteiger partial charge in [-0.25, -0.2) is 4.79 Å². The first-order valence-corrected chi connectivity index (χ1v) is 10.3. The number of urea groups is 1. The highest BCUT2D eigenvalue weighted by molar-refractivity contribution is 5.78. The monoisotopic (exact) mass is 373 g/mol. The maximum absolute atomic E-state index is 12.5. The Morgan fingerprint density at radius 2 is 1.70 bits per heavy atom. The third kappa shape index (κ3) is 5.98. The molecule has 5 heteroatoms. The van der Waals surface area contributed by atoms with E-state index in [4.69, 9.17) is 0 Å². The molecule has 1 aliphatic heterocycles. The second-order valence-corrected chi connectivity index (χ2v) is 8.16. The van der Waals surface area contributed by atoms with Gasteiger partial charge in [-0.2, -0.15) is 0 Å². The number of carbonyl (C=O) groups excluding carboxylic acids is 2. The number of benzene rings is 1. The highest BCUT2D eigenvalue weighted by Crippen LogP contribution is 2.25. The van der Waals surface area contributed by atoms with Crippen molar-refractivity contribution in [3.05, 3.63) is 35.4 Å². The Morgan fingerprint density at radius 1 is 1.07 bits per heavy atom. The van der Waals surface area contributed by atoms with Gasteiger partial charge in [0.1, 0.15) is 0 Å². The Bertz CT molecular complexity index is 627. The van der Waals surface area contributed by atoms with Gasteiger partial charge >= 0.3 is 6.03 Å². The maximum Gasteiger partial charge on any atom is 0.315 e. The molecule has 3 amide bonds. The fourth-order valence-electron chi connectivity index (χ4n) is 3.58. The molecule has 0 spiro atoms. The van der Waals surface area contributed by atoms with Gasteiger partial charge in [0.05, 0.1) is 6.04 Å². The molecule has 3 atom stereocenters. The van der Waals surface area contributed by atoms with E-state index < -0.39 is 0 Å². The summed E-state index contributed by atoms with van der Waals surface area (Å²) in [6.07, 6.45) is 2.66. The minimum absolute atomic E-state index is 0.0448. The third-order valence-corrected chi connectivity index (χ3v) is 5.47. The van der Waals surface area contributed by atoms with E-state index in [1.165, 1.54) is 5.56 Å². The largest absolute Gasteiger partial charge is 0.341 e. The first kappa shape index (κ1) is 21.3. The highest BCUT2D eigenvalue weighted by Gasteiger charge is 2.24. The molecule has 0 aromatic heterocycles. The molecule has 0 saturated carbocycles. The van der Waals surface area contributed by atoms with Crippen LogP contribution >= 0.6 is 0 Å². The van der Waals surface area contributed by atoms with Gasteiger partial charge in [0.2, 0.25) is 5.91 Å². The van der Waals surface area contributed by atoms with Crippen LogP contribution in [0.3, 0.4) is 0 Å². The Hall–Kier alpha value is -2.04. The van der Waals surface area contributed by atoms with Crippen molar-refractivity contribution >= 4 is 11.9 Å². The first-order chi connectivity index (χ1) is 12.8. The molecule has 0 aliphatic carbocycles. The summed E-state index contributed by atoms with van der Waals surface area (Å²) in [7, 11) is 0. The molecule has 150 valence electrons. The zero-order chi connectivity index (χ0) is 20.0. The molecule has 1 aromatic rings. The zero-order valence-electron chi connectivity index (χ0n) is 17.4. The van der Waals surface area contributed by atoms with Gasteiger partial charge in [0, 0.05) is 25.6 Å². The summed E-state index contributed by atoms with van der Waals surface area (Å²) < 4.78 is 0. The van der Waals surface area contributed by atoms with Gasteiger partial charge in [0.15, 0.2) is 0 Å². The molecular weight excluding hydrogens is 338 g/mol. The second kappa shape index (κ2) is 9.77. The number of hydrogen-bond acceptors (Lipinski definition) is 2. The van der Waals surface area contributed by atoms with E-state index in [9.17, 15) is 9.59 Å². The molecule has 3 unspecified atom stereocenters. The maximum atomic E-state index is 12.5. The lowest BCUT2D eigenvalue weighted by Gasteiger charge is -2.26. The number of nitrogens with one attached hydrogen (secondary N) is 2. The molecule has 1 aliphatic rings. The Morgan fingerprint density at radius 3 is 2.22 bits per heavy atom. The topological polar surface area (TPSA) is 61.4 Å². The summed E-state index contributed by atoms with van der Waals surface area (Å²) in [6.45, 7) is 12.0. The van der Waals surface area contributed by atoms with Gasteiger partial charge in [-0.3, -0.25) is 4.79 Å². The molecule has 27 heavy (non-hydrogen) atoms. The van der Waals surface area contributed by atoms with Crippen molar-refractivity contribution in [1.82, 2.24) is 15.5 Å². The number of amides is 3.